The van der Waals surface area contributed by atoms with Gasteiger partial charge in [-0.3, -0.25) is 4.79 Å². The van der Waals surface area contributed by atoms with Gasteiger partial charge in [0.15, 0.2) is 12.1 Å². The lowest BCUT2D eigenvalue weighted by molar-refractivity contribution is -0.299. The van der Waals surface area contributed by atoms with Gasteiger partial charge >= 0.3 is 5.97 Å². The van der Waals surface area contributed by atoms with Crippen LogP contribution in [-0.2, 0) is 38.0 Å². The van der Waals surface area contributed by atoms with Gasteiger partial charge in [-0.15, -0.1) is 0 Å². The minimum Gasteiger partial charge on any atom is -0.462 e. The summed E-state index contributed by atoms with van der Waals surface area (Å²) < 4.78 is 44.1. The largest absolute Gasteiger partial charge is 0.462 e. The minimum absolute atomic E-state index is 0.0467. The summed E-state index contributed by atoms with van der Waals surface area (Å²) in [5, 5.41) is 34.0. The molecular weight excluding hydrogens is 656 g/mol. The van der Waals surface area contributed by atoms with E-state index in [1.54, 1.807) is 26.2 Å². The van der Waals surface area contributed by atoms with Gasteiger partial charge in [0.05, 0.1) is 37.1 Å². The molecule has 1 aliphatic carbocycles. The first-order valence-corrected chi connectivity index (χ1v) is 18.7. The molecule has 0 aromatic rings. The van der Waals surface area contributed by atoms with Crippen LogP contribution >= 0.6 is 0 Å². The Hall–Kier alpha value is -2.19. The first kappa shape index (κ1) is 38.5. The molecule has 0 amide bonds. The molecule has 6 aliphatic rings. The number of hydrogen-bond acceptors (Lipinski definition) is 11. The Morgan fingerprint density at radius 3 is 2.49 bits per heavy atom. The quantitative estimate of drug-likeness (QED) is 0.281. The minimum atomic E-state index is -1.81. The highest BCUT2D eigenvalue weighted by atomic mass is 16.7. The standard InChI is InChI=1S/C40H58O11/c1-21(2)35-24(5)14-15-39(51-35)19-29-17-28(50-39)13-12-23(4)36(49-32-18-31(45-8)34(42)26(7)47-32)22(3)10-9-11-27-20-46-37-33(41)25(6)16-30(38(43)48-29)40(27,37)44/h9-12,14-16,21-22,24,26,28-37,41-42,44H,13,17-20H2,1-8H3/b10-9+,23-12+,27-11+/t22-,24-,26?,28+,29?,30?,31?,32?,33?,34?,35?,36-,37+,39+,40+/m0/s1. The number of hydrogen-bond donors (Lipinski definition) is 3. The molecule has 0 saturated carbocycles. The van der Waals surface area contributed by atoms with E-state index in [4.69, 9.17) is 33.2 Å². The number of methoxy groups -OCH3 is 1. The maximum Gasteiger partial charge on any atom is 0.316 e. The van der Waals surface area contributed by atoms with Gasteiger partial charge < -0.3 is 48.5 Å². The van der Waals surface area contributed by atoms with Crippen LogP contribution in [0.5, 0.6) is 0 Å². The topological polar surface area (TPSA) is 142 Å². The van der Waals surface area contributed by atoms with Crippen LogP contribution in [0.25, 0.3) is 0 Å². The maximum atomic E-state index is 14.2. The molecule has 3 fully saturated rings. The van der Waals surface area contributed by atoms with Gasteiger partial charge in [-0.2, -0.15) is 0 Å². The predicted octanol–water partition coefficient (Wildman–Crippen LogP) is 4.45. The Bertz CT molecular complexity index is 1430. The number of esters is 1. The van der Waals surface area contributed by atoms with E-state index in [0.717, 1.165) is 5.57 Å². The van der Waals surface area contributed by atoms with Crippen molar-refractivity contribution >= 4 is 5.97 Å². The number of carbonyl (C=O) groups excluding carboxylic acids is 1. The van der Waals surface area contributed by atoms with E-state index >= 15 is 0 Å². The van der Waals surface area contributed by atoms with Gasteiger partial charge in [0.2, 0.25) is 0 Å². The van der Waals surface area contributed by atoms with Crippen LogP contribution in [0, 0.1) is 23.7 Å². The lowest BCUT2D eigenvalue weighted by Gasteiger charge is -2.48. The van der Waals surface area contributed by atoms with Gasteiger partial charge in [0.25, 0.3) is 0 Å². The number of aliphatic hydroxyl groups is 3. The van der Waals surface area contributed by atoms with Crippen LogP contribution in [0.4, 0.5) is 0 Å². The molecule has 8 unspecified atom stereocenters. The Labute approximate surface area is 302 Å². The third kappa shape index (κ3) is 7.61. The van der Waals surface area contributed by atoms with Crippen molar-refractivity contribution in [2.75, 3.05) is 13.7 Å². The van der Waals surface area contributed by atoms with Crippen LogP contribution < -0.4 is 0 Å². The second-order valence-electron chi connectivity index (χ2n) is 15.9. The first-order valence-electron chi connectivity index (χ1n) is 18.7. The van der Waals surface area contributed by atoms with Crippen LogP contribution in [0.3, 0.4) is 0 Å². The van der Waals surface area contributed by atoms with E-state index < -0.39 is 72.3 Å². The molecule has 1 spiro atoms. The summed E-state index contributed by atoms with van der Waals surface area (Å²) >= 11 is 0. The van der Waals surface area contributed by atoms with Crippen molar-refractivity contribution in [3.8, 4) is 0 Å². The van der Waals surface area contributed by atoms with E-state index in [9.17, 15) is 20.1 Å². The van der Waals surface area contributed by atoms with Crippen LogP contribution in [0.15, 0.2) is 59.3 Å². The average molecular weight is 715 g/mol. The molecule has 5 heterocycles. The highest BCUT2D eigenvalue weighted by Crippen LogP contribution is 2.47. The second-order valence-corrected chi connectivity index (χ2v) is 15.9. The van der Waals surface area contributed by atoms with Crippen LogP contribution in [-0.4, -0.2) is 108 Å². The molecule has 51 heavy (non-hydrogen) atoms. The van der Waals surface area contributed by atoms with Gasteiger partial charge in [-0.1, -0.05) is 64.2 Å². The van der Waals surface area contributed by atoms with Gasteiger partial charge in [-0.25, -0.2) is 0 Å². The Balaban J connectivity index is 1.38. The zero-order chi connectivity index (χ0) is 36.8. The SMILES string of the molecule is COC1CC(O[C@@H]2/C(C)=C/C[C@@H]3CC(C[C@]4(C=C[C@H](C)C(C(C)C)O4)O3)OC(=O)C3C=C(C)C(O)[C@H]4OC/C(=C\C=C\[C@@H]2C)[C@@]34O)OC(C)C1O. The number of fused-ring (bicyclic) bond motifs is 2. The van der Waals surface area contributed by atoms with Gasteiger partial charge in [0.1, 0.15) is 35.9 Å². The normalized spacial score (nSPS) is 49.0. The number of allylic oxidation sites excluding steroid dienone is 2. The monoisotopic (exact) mass is 714 g/mol. The summed E-state index contributed by atoms with van der Waals surface area (Å²) in [7, 11) is 1.58. The number of aliphatic hydroxyl groups excluding tert-OH is 2. The molecule has 15 atom stereocenters. The number of ether oxygens (including phenoxy) is 7. The van der Waals surface area contributed by atoms with Crippen LogP contribution in [0.2, 0.25) is 0 Å². The predicted molar refractivity (Wildman–Crippen MR) is 188 cm³/mol. The average Bonchev–Trinajstić information content (AvgIpc) is 3.42. The molecule has 3 saturated heterocycles. The fourth-order valence-electron chi connectivity index (χ4n) is 8.75. The summed E-state index contributed by atoms with van der Waals surface area (Å²) in [5.41, 5.74) is 0.180. The lowest BCUT2D eigenvalue weighted by Crippen LogP contribution is -2.58. The third-order valence-electron chi connectivity index (χ3n) is 11.7. The molecule has 284 valence electrons. The number of rotatable bonds is 4. The van der Waals surface area contributed by atoms with Crippen molar-refractivity contribution in [3.63, 3.8) is 0 Å². The van der Waals surface area contributed by atoms with Crippen molar-refractivity contribution in [2.45, 2.75) is 147 Å². The van der Waals surface area contributed by atoms with E-state index in [1.165, 1.54) is 0 Å². The van der Waals surface area contributed by atoms with Crippen molar-refractivity contribution in [1.29, 1.82) is 0 Å². The molecule has 2 bridgehead atoms. The molecule has 11 nitrogen and oxygen atoms in total. The van der Waals surface area contributed by atoms with Crippen molar-refractivity contribution < 1.29 is 53.3 Å². The van der Waals surface area contributed by atoms with E-state index in [1.807, 2.05) is 39.0 Å². The van der Waals surface area contributed by atoms with E-state index in [-0.39, 0.29) is 36.6 Å². The summed E-state index contributed by atoms with van der Waals surface area (Å²) in [4.78, 5) is 14.2. The van der Waals surface area contributed by atoms with E-state index in [2.05, 4.69) is 32.9 Å². The molecule has 0 radical (unpaired) electrons. The molecule has 11 heteroatoms. The molecule has 0 aromatic carbocycles. The zero-order valence-corrected chi connectivity index (χ0v) is 31.3. The third-order valence-corrected chi connectivity index (χ3v) is 11.7. The van der Waals surface area contributed by atoms with Gasteiger partial charge in [-0.05, 0) is 55.9 Å². The zero-order valence-electron chi connectivity index (χ0n) is 31.3. The highest BCUT2D eigenvalue weighted by molar-refractivity contribution is 5.78. The molecule has 6 rings (SSSR count). The number of carbonyl (C=O) groups is 1. The van der Waals surface area contributed by atoms with Crippen molar-refractivity contribution in [2.24, 2.45) is 23.7 Å². The fourth-order valence-corrected chi connectivity index (χ4v) is 8.75. The Morgan fingerprint density at radius 2 is 1.76 bits per heavy atom. The molecular formula is C40H58O11. The summed E-state index contributed by atoms with van der Waals surface area (Å²) in [6.45, 7) is 14.0. The van der Waals surface area contributed by atoms with Crippen molar-refractivity contribution in [3.05, 3.63) is 59.3 Å². The first-order chi connectivity index (χ1) is 24.2. The highest BCUT2D eigenvalue weighted by Gasteiger charge is 2.60. The Kier molecular flexibility index (Phi) is 11.5. The lowest BCUT2D eigenvalue weighted by atomic mass is 9.71. The molecule has 0 aromatic heterocycles. The summed E-state index contributed by atoms with van der Waals surface area (Å²) in [6, 6.07) is 0. The smallest absolute Gasteiger partial charge is 0.316 e. The van der Waals surface area contributed by atoms with E-state index in [0.29, 0.717) is 36.8 Å². The van der Waals surface area contributed by atoms with Crippen LogP contribution in [0.1, 0.15) is 74.1 Å². The Morgan fingerprint density at radius 1 is 1.00 bits per heavy atom. The van der Waals surface area contributed by atoms with Gasteiger partial charge in [0, 0.05) is 38.2 Å². The molecule has 3 N–H and O–H groups in total. The maximum absolute atomic E-state index is 14.2. The van der Waals surface area contributed by atoms with Crippen molar-refractivity contribution in [1.82, 2.24) is 0 Å². The second kappa shape index (κ2) is 15.3. The fraction of sp³-hybridized carbons (Fsp3) is 0.725. The summed E-state index contributed by atoms with van der Waals surface area (Å²) in [5.74, 6) is -2.50. The molecule has 5 aliphatic heterocycles. The summed E-state index contributed by atoms with van der Waals surface area (Å²) in [6.07, 6.45) is 9.22.